The lowest BCUT2D eigenvalue weighted by molar-refractivity contribution is 0.288. The van der Waals surface area contributed by atoms with Crippen molar-refractivity contribution in [3.63, 3.8) is 0 Å². The van der Waals surface area contributed by atoms with Gasteiger partial charge in [0.05, 0.1) is 7.11 Å². The second kappa shape index (κ2) is 7.44. The molecule has 1 saturated heterocycles. The van der Waals surface area contributed by atoms with Gasteiger partial charge in [0.15, 0.2) is 0 Å². The van der Waals surface area contributed by atoms with Crippen molar-refractivity contribution in [3.05, 3.63) is 29.3 Å². The number of rotatable bonds is 3. The number of thioether (sulfide) groups is 1. The van der Waals surface area contributed by atoms with E-state index in [1.807, 2.05) is 23.9 Å². The van der Waals surface area contributed by atoms with Gasteiger partial charge in [-0.05, 0) is 18.2 Å². The van der Waals surface area contributed by atoms with Gasteiger partial charge in [-0.1, -0.05) is 11.8 Å². The maximum atomic E-state index is 8.75. The fraction of sp³-hybridized carbons (Fsp3) is 0.467. The second-order valence-electron chi connectivity index (χ2n) is 4.38. The van der Waals surface area contributed by atoms with Gasteiger partial charge in [0.25, 0.3) is 0 Å². The fourth-order valence-corrected chi connectivity index (χ4v) is 3.10. The highest BCUT2D eigenvalue weighted by Crippen LogP contribution is 2.22. The Morgan fingerprint density at radius 2 is 2.16 bits per heavy atom. The van der Waals surface area contributed by atoms with Crippen LogP contribution in [0.5, 0.6) is 5.75 Å². The van der Waals surface area contributed by atoms with Crippen LogP contribution in [0.4, 0.5) is 0 Å². The molecule has 0 saturated carbocycles. The molecule has 0 aliphatic carbocycles. The van der Waals surface area contributed by atoms with E-state index >= 15 is 0 Å². The Morgan fingerprint density at radius 3 is 2.84 bits per heavy atom. The maximum absolute atomic E-state index is 8.75. The molecule has 19 heavy (non-hydrogen) atoms. The van der Waals surface area contributed by atoms with Crippen LogP contribution in [-0.2, 0) is 6.54 Å². The summed E-state index contributed by atoms with van der Waals surface area (Å²) >= 11 is 2.01. The van der Waals surface area contributed by atoms with Crippen molar-refractivity contribution < 1.29 is 9.84 Å². The van der Waals surface area contributed by atoms with Gasteiger partial charge in [0, 0.05) is 42.3 Å². The number of hydrogen-bond donors (Lipinski definition) is 1. The van der Waals surface area contributed by atoms with Gasteiger partial charge < -0.3 is 9.84 Å². The Bertz CT molecular complexity index is 473. The molecule has 102 valence electrons. The number of methoxy groups -OCH3 is 1. The van der Waals surface area contributed by atoms with E-state index in [4.69, 9.17) is 9.84 Å². The molecule has 1 aliphatic rings. The van der Waals surface area contributed by atoms with E-state index in [2.05, 4.69) is 22.8 Å². The fourth-order valence-electron chi connectivity index (χ4n) is 2.12. The smallest absolute Gasteiger partial charge is 0.123 e. The number of ether oxygens (including phenoxy) is 1. The molecule has 1 N–H and O–H groups in total. The van der Waals surface area contributed by atoms with Crippen LogP contribution < -0.4 is 4.74 Å². The first-order chi connectivity index (χ1) is 9.33. The van der Waals surface area contributed by atoms with Crippen LogP contribution in [0.3, 0.4) is 0 Å². The van der Waals surface area contributed by atoms with E-state index in [0.717, 1.165) is 30.9 Å². The predicted octanol–water partition coefficient (Wildman–Crippen LogP) is 1.59. The van der Waals surface area contributed by atoms with E-state index < -0.39 is 0 Å². The third-order valence-electron chi connectivity index (χ3n) is 3.09. The molecule has 1 fully saturated rings. The zero-order valence-electron chi connectivity index (χ0n) is 11.2. The molecule has 1 aliphatic heterocycles. The van der Waals surface area contributed by atoms with Crippen molar-refractivity contribution in [1.82, 2.24) is 4.90 Å². The number of nitrogens with zero attached hydrogens (tertiary/aromatic N) is 1. The standard InChI is InChI=1S/C15H19NO2S/c1-18-15-5-4-13(3-2-8-17)11-14(15)12-16-6-9-19-10-7-16/h4-5,11,17H,6-10,12H2,1H3. The molecule has 1 aromatic rings. The summed E-state index contributed by atoms with van der Waals surface area (Å²) < 4.78 is 5.42. The van der Waals surface area contributed by atoms with Crippen molar-refractivity contribution in [2.75, 3.05) is 38.3 Å². The number of aliphatic hydroxyl groups excluding tert-OH is 1. The number of hydrogen-bond acceptors (Lipinski definition) is 4. The number of benzene rings is 1. The minimum absolute atomic E-state index is 0.106. The minimum Gasteiger partial charge on any atom is -0.496 e. The van der Waals surface area contributed by atoms with Crippen molar-refractivity contribution in [3.8, 4) is 17.6 Å². The van der Waals surface area contributed by atoms with E-state index in [9.17, 15) is 0 Å². The van der Waals surface area contributed by atoms with Crippen LogP contribution in [0, 0.1) is 11.8 Å². The molecular weight excluding hydrogens is 258 g/mol. The SMILES string of the molecule is COc1ccc(C#CCO)cc1CN1CCSCC1. The summed E-state index contributed by atoms with van der Waals surface area (Å²) in [4.78, 5) is 2.44. The van der Waals surface area contributed by atoms with Gasteiger partial charge in [-0.25, -0.2) is 0 Å². The molecule has 4 heteroatoms. The molecule has 0 atom stereocenters. The summed E-state index contributed by atoms with van der Waals surface area (Å²) in [6.45, 7) is 3.05. The van der Waals surface area contributed by atoms with Crippen LogP contribution in [0.15, 0.2) is 18.2 Å². The molecule has 0 unspecified atom stereocenters. The Balaban J connectivity index is 2.15. The van der Waals surface area contributed by atoms with Gasteiger partial charge >= 0.3 is 0 Å². The summed E-state index contributed by atoms with van der Waals surface area (Å²) in [5.74, 6) is 8.94. The molecule has 1 heterocycles. The lowest BCUT2D eigenvalue weighted by atomic mass is 10.1. The summed E-state index contributed by atoms with van der Waals surface area (Å²) in [5, 5.41) is 8.75. The van der Waals surface area contributed by atoms with E-state index in [0.29, 0.717) is 0 Å². The minimum atomic E-state index is -0.106. The highest BCUT2D eigenvalue weighted by Gasteiger charge is 2.13. The first-order valence-electron chi connectivity index (χ1n) is 6.40. The molecular formula is C15H19NO2S. The van der Waals surface area contributed by atoms with Crippen LogP contribution in [0.1, 0.15) is 11.1 Å². The highest BCUT2D eigenvalue weighted by atomic mass is 32.2. The van der Waals surface area contributed by atoms with Gasteiger partial charge in [-0.2, -0.15) is 11.8 Å². The van der Waals surface area contributed by atoms with Crippen molar-refractivity contribution in [1.29, 1.82) is 0 Å². The summed E-state index contributed by atoms with van der Waals surface area (Å²) in [6.07, 6.45) is 0. The maximum Gasteiger partial charge on any atom is 0.123 e. The van der Waals surface area contributed by atoms with Crippen LogP contribution in [0.2, 0.25) is 0 Å². The van der Waals surface area contributed by atoms with Gasteiger partial charge in [0.1, 0.15) is 12.4 Å². The molecule has 0 spiro atoms. The van der Waals surface area contributed by atoms with Crippen molar-refractivity contribution in [2.45, 2.75) is 6.54 Å². The summed E-state index contributed by atoms with van der Waals surface area (Å²) in [6, 6.07) is 5.94. The average molecular weight is 277 g/mol. The van der Waals surface area contributed by atoms with Gasteiger partial charge in [-0.15, -0.1) is 0 Å². The van der Waals surface area contributed by atoms with Gasteiger partial charge in [0.2, 0.25) is 0 Å². The first kappa shape index (κ1) is 14.3. The topological polar surface area (TPSA) is 32.7 Å². The Labute approximate surface area is 118 Å². The predicted molar refractivity (Wildman–Crippen MR) is 79.6 cm³/mol. The molecule has 2 rings (SSSR count). The molecule has 0 radical (unpaired) electrons. The molecule has 1 aromatic carbocycles. The Kier molecular flexibility index (Phi) is 5.59. The highest BCUT2D eigenvalue weighted by molar-refractivity contribution is 7.99. The van der Waals surface area contributed by atoms with Crippen LogP contribution >= 0.6 is 11.8 Å². The average Bonchev–Trinajstić information content (AvgIpc) is 2.46. The third kappa shape index (κ3) is 4.17. The zero-order valence-corrected chi connectivity index (χ0v) is 12.0. The van der Waals surface area contributed by atoms with E-state index in [1.54, 1.807) is 7.11 Å². The lowest BCUT2D eigenvalue weighted by Gasteiger charge is -2.26. The Morgan fingerprint density at radius 1 is 1.37 bits per heavy atom. The first-order valence-corrected chi connectivity index (χ1v) is 7.55. The monoisotopic (exact) mass is 277 g/mol. The van der Waals surface area contributed by atoms with Crippen molar-refractivity contribution >= 4 is 11.8 Å². The number of aliphatic hydroxyl groups is 1. The van der Waals surface area contributed by atoms with E-state index in [-0.39, 0.29) is 6.61 Å². The van der Waals surface area contributed by atoms with E-state index in [1.165, 1.54) is 17.1 Å². The summed E-state index contributed by atoms with van der Waals surface area (Å²) in [7, 11) is 1.70. The lowest BCUT2D eigenvalue weighted by Crippen LogP contribution is -2.32. The normalized spacial score (nSPS) is 15.7. The van der Waals surface area contributed by atoms with Crippen LogP contribution in [-0.4, -0.2) is 48.3 Å². The van der Waals surface area contributed by atoms with Crippen LogP contribution in [0.25, 0.3) is 0 Å². The molecule has 3 nitrogen and oxygen atoms in total. The Hall–Kier alpha value is -1.15. The molecule has 0 amide bonds. The quantitative estimate of drug-likeness (QED) is 0.851. The zero-order chi connectivity index (χ0) is 13.5. The molecule has 0 bridgehead atoms. The van der Waals surface area contributed by atoms with Crippen molar-refractivity contribution in [2.24, 2.45) is 0 Å². The second-order valence-corrected chi connectivity index (χ2v) is 5.60. The third-order valence-corrected chi connectivity index (χ3v) is 4.03. The molecule has 0 aromatic heterocycles. The summed E-state index contributed by atoms with van der Waals surface area (Å²) in [5.41, 5.74) is 2.09. The van der Waals surface area contributed by atoms with Gasteiger partial charge in [-0.3, -0.25) is 4.90 Å². The largest absolute Gasteiger partial charge is 0.496 e.